The van der Waals surface area contributed by atoms with Crippen LogP contribution in [0.25, 0.3) is 21.8 Å². The van der Waals surface area contributed by atoms with E-state index in [0.29, 0.717) is 23.0 Å². The molecule has 1 aliphatic rings. The lowest BCUT2D eigenvalue weighted by Crippen LogP contribution is -2.35. The molecule has 1 atom stereocenters. The molecule has 0 spiro atoms. The topological polar surface area (TPSA) is 73.0 Å². The van der Waals surface area contributed by atoms with Gasteiger partial charge in [0, 0.05) is 19.0 Å². The molecule has 3 heterocycles. The van der Waals surface area contributed by atoms with Crippen molar-refractivity contribution in [2.24, 2.45) is 7.05 Å². The predicted octanol–water partition coefficient (Wildman–Crippen LogP) is 3.84. The van der Waals surface area contributed by atoms with E-state index in [4.69, 9.17) is 4.98 Å². The fraction of sp³-hybridized carbons (Fsp3) is 0.333. The lowest BCUT2D eigenvalue weighted by molar-refractivity contribution is 0.0721. The molecule has 5 rings (SSSR count). The summed E-state index contributed by atoms with van der Waals surface area (Å²) in [5.74, 6) is 0.730. The third-order valence-corrected chi connectivity index (χ3v) is 6.15. The molecule has 2 aromatic heterocycles. The van der Waals surface area contributed by atoms with Crippen molar-refractivity contribution in [1.82, 2.24) is 24.2 Å². The summed E-state index contributed by atoms with van der Waals surface area (Å²) in [4.78, 5) is 33.3. The zero-order valence-electron chi connectivity index (χ0n) is 17.9. The number of imidazole rings is 1. The van der Waals surface area contributed by atoms with Gasteiger partial charge >= 0.3 is 0 Å². The van der Waals surface area contributed by atoms with Gasteiger partial charge in [0.2, 0.25) is 0 Å². The van der Waals surface area contributed by atoms with Crippen LogP contribution in [0.2, 0.25) is 0 Å². The molecule has 7 heteroatoms. The van der Waals surface area contributed by atoms with Crippen LogP contribution in [0.3, 0.4) is 0 Å². The Balaban J connectivity index is 1.63. The third kappa shape index (κ3) is 3.03. The highest BCUT2D eigenvalue weighted by Crippen LogP contribution is 2.34. The van der Waals surface area contributed by atoms with E-state index in [0.717, 1.165) is 29.7 Å². The van der Waals surface area contributed by atoms with Crippen molar-refractivity contribution in [3.8, 4) is 0 Å². The normalized spacial score (nSPS) is 16.6. The van der Waals surface area contributed by atoms with Crippen LogP contribution in [0.15, 0.2) is 53.3 Å². The largest absolute Gasteiger partial charge is 0.329 e. The summed E-state index contributed by atoms with van der Waals surface area (Å²) in [5.41, 5.74) is 2.13. The van der Waals surface area contributed by atoms with Crippen LogP contribution < -0.4 is 5.56 Å². The van der Waals surface area contributed by atoms with Crippen molar-refractivity contribution in [1.29, 1.82) is 0 Å². The number of aryl methyl sites for hydroxylation is 1. The molecule has 4 aromatic rings. The number of rotatable bonds is 3. The van der Waals surface area contributed by atoms with Gasteiger partial charge in [-0.25, -0.2) is 9.67 Å². The zero-order chi connectivity index (χ0) is 21.7. The van der Waals surface area contributed by atoms with Gasteiger partial charge in [0.05, 0.1) is 28.5 Å². The van der Waals surface area contributed by atoms with Gasteiger partial charge in [0.15, 0.2) is 5.69 Å². The van der Waals surface area contributed by atoms with E-state index in [9.17, 15) is 9.59 Å². The molecule has 0 saturated carbocycles. The van der Waals surface area contributed by atoms with Crippen LogP contribution in [-0.2, 0) is 7.05 Å². The van der Waals surface area contributed by atoms with E-state index in [1.807, 2.05) is 68.3 Å². The Labute approximate surface area is 179 Å². The maximum Gasteiger partial charge on any atom is 0.275 e. The molecule has 0 bridgehead atoms. The number of hydrogen-bond acceptors (Lipinski definition) is 4. The van der Waals surface area contributed by atoms with Crippen LogP contribution in [-0.4, -0.2) is 36.7 Å². The van der Waals surface area contributed by atoms with Crippen molar-refractivity contribution < 1.29 is 4.79 Å². The first-order chi connectivity index (χ1) is 15.0. The summed E-state index contributed by atoms with van der Waals surface area (Å²) in [6.45, 7) is 4.44. The second-order valence-electron chi connectivity index (χ2n) is 8.41. The number of hydrogen-bond donors (Lipinski definition) is 0. The number of aromatic nitrogens is 4. The van der Waals surface area contributed by atoms with Gasteiger partial charge < -0.3 is 9.47 Å². The standard InChI is InChI=1S/C24H25N5O2/c1-15(2)29-23(30)17-10-5-4-9-16(17)21(26-29)24(31)28-14-8-13-20(28)22-25-18-11-6-7-12-19(18)27(22)3/h4-7,9-12,15,20H,8,13-14H2,1-3H3. The van der Waals surface area contributed by atoms with Crippen molar-refractivity contribution in [2.45, 2.75) is 38.8 Å². The average molecular weight is 415 g/mol. The van der Waals surface area contributed by atoms with E-state index in [-0.39, 0.29) is 23.6 Å². The third-order valence-electron chi connectivity index (χ3n) is 6.15. The predicted molar refractivity (Wildman–Crippen MR) is 120 cm³/mol. The summed E-state index contributed by atoms with van der Waals surface area (Å²) in [6, 6.07) is 15.0. The Kier molecular flexibility index (Phi) is 4.61. The average Bonchev–Trinajstić information content (AvgIpc) is 3.38. The lowest BCUT2D eigenvalue weighted by atomic mass is 10.1. The Morgan fingerprint density at radius 2 is 1.77 bits per heavy atom. The van der Waals surface area contributed by atoms with Gasteiger partial charge in [0.25, 0.3) is 11.5 Å². The highest BCUT2D eigenvalue weighted by molar-refractivity contribution is 6.05. The second kappa shape index (κ2) is 7.34. The summed E-state index contributed by atoms with van der Waals surface area (Å²) < 4.78 is 3.49. The Bertz CT molecular complexity index is 1370. The minimum Gasteiger partial charge on any atom is -0.329 e. The molecule has 158 valence electrons. The van der Waals surface area contributed by atoms with Gasteiger partial charge in [-0.1, -0.05) is 30.3 Å². The Morgan fingerprint density at radius 1 is 1.06 bits per heavy atom. The molecular formula is C24H25N5O2. The molecule has 1 saturated heterocycles. The number of para-hydroxylation sites is 2. The van der Waals surface area contributed by atoms with E-state index < -0.39 is 0 Å². The number of carbonyl (C=O) groups is 1. The van der Waals surface area contributed by atoms with E-state index in [1.54, 1.807) is 6.07 Å². The van der Waals surface area contributed by atoms with E-state index in [2.05, 4.69) is 9.67 Å². The molecule has 0 aliphatic carbocycles. The molecule has 1 aliphatic heterocycles. The minimum atomic E-state index is -0.171. The summed E-state index contributed by atoms with van der Waals surface area (Å²) >= 11 is 0. The SMILES string of the molecule is CC(C)n1nc(C(=O)N2CCCC2c2nc3ccccc3n2C)c2ccccc2c1=O. The quantitative estimate of drug-likeness (QED) is 0.510. The smallest absolute Gasteiger partial charge is 0.275 e. The number of amides is 1. The number of nitrogens with zero attached hydrogens (tertiary/aromatic N) is 5. The molecule has 31 heavy (non-hydrogen) atoms. The number of fused-ring (bicyclic) bond motifs is 2. The van der Waals surface area contributed by atoms with Crippen molar-refractivity contribution >= 4 is 27.7 Å². The maximum atomic E-state index is 13.8. The van der Waals surface area contributed by atoms with Gasteiger partial charge in [-0.3, -0.25) is 9.59 Å². The van der Waals surface area contributed by atoms with Gasteiger partial charge in [-0.15, -0.1) is 0 Å². The summed E-state index contributed by atoms with van der Waals surface area (Å²) in [7, 11) is 2.00. The van der Waals surface area contributed by atoms with Crippen LogP contribution in [0.5, 0.6) is 0 Å². The van der Waals surface area contributed by atoms with Crippen molar-refractivity contribution in [2.75, 3.05) is 6.54 Å². The molecule has 0 radical (unpaired) electrons. The van der Waals surface area contributed by atoms with Crippen molar-refractivity contribution in [3.63, 3.8) is 0 Å². The summed E-state index contributed by atoms with van der Waals surface area (Å²) in [5, 5.41) is 5.65. The Hall–Kier alpha value is -3.48. The van der Waals surface area contributed by atoms with E-state index >= 15 is 0 Å². The van der Waals surface area contributed by atoms with Gasteiger partial charge in [-0.05, 0) is 44.9 Å². The number of likely N-dealkylation sites (tertiary alicyclic amines) is 1. The monoisotopic (exact) mass is 415 g/mol. The maximum absolute atomic E-state index is 13.8. The van der Waals surface area contributed by atoms with Crippen molar-refractivity contribution in [3.05, 3.63) is 70.4 Å². The molecule has 1 unspecified atom stereocenters. The first-order valence-corrected chi connectivity index (χ1v) is 10.7. The lowest BCUT2D eigenvalue weighted by Gasteiger charge is -2.25. The number of carbonyl (C=O) groups excluding carboxylic acids is 1. The van der Waals surface area contributed by atoms with Gasteiger partial charge in [0.1, 0.15) is 5.82 Å². The highest BCUT2D eigenvalue weighted by Gasteiger charge is 2.35. The van der Waals surface area contributed by atoms with Crippen LogP contribution >= 0.6 is 0 Å². The zero-order valence-corrected chi connectivity index (χ0v) is 17.9. The Morgan fingerprint density at radius 3 is 2.52 bits per heavy atom. The van der Waals surface area contributed by atoms with Crippen LogP contribution in [0.1, 0.15) is 55.1 Å². The first-order valence-electron chi connectivity index (χ1n) is 10.7. The van der Waals surface area contributed by atoms with Crippen LogP contribution in [0.4, 0.5) is 0 Å². The molecule has 7 nitrogen and oxygen atoms in total. The van der Waals surface area contributed by atoms with Crippen LogP contribution in [0, 0.1) is 0 Å². The fourth-order valence-electron chi connectivity index (χ4n) is 4.59. The molecule has 1 fully saturated rings. The van der Waals surface area contributed by atoms with E-state index in [1.165, 1.54) is 4.68 Å². The molecule has 2 aromatic carbocycles. The fourth-order valence-corrected chi connectivity index (χ4v) is 4.59. The molecule has 1 amide bonds. The summed E-state index contributed by atoms with van der Waals surface area (Å²) in [6.07, 6.45) is 1.76. The molecule has 0 N–H and O–H groups in total. The second-order valence-corrected chi connectivity index (χ2v) is 8.41. The molecular weight excluding hydrogens is 390 g/mol. The minimum absolute atomic E-state index is 0.120. The highest BCUT2D eigenvalue weighted by atomic mass is 16.2. The number of benzene rings is 2. The first kappa shape index (κ1) is 19.5. The van der Waals surface area contributed by atoms with Gasteiger partial charge in [-0.2, -0.15) is 5.10 Å².